The summed E-state index contributed by atoms with van der Waals surface area (Å²) >= 11 is 0. The third-order valence-corrected chi connectivity index (χ3v) is 4.94. The van der Waals surface area contributed by atoms with Gasteiger partial charge in [-0.15, -0.1) is 0 Å². The minimum absolute atomic E-state index is 0.116. The van der Waals surface area contributed by atoms with Crippen LogP contribution in [0.4, 0.5) is 11.4 Å². The van der Waals surface area contributed by atoms with E-state index in [4.69, 9.17) is 4.74 Å². The zero-order valence-electron chi connectivity index (χ0n) is 16.3. The number of hydrogen-bond acceptors (Lipinski definition) is 5. The van der Waals surface area contributed by atoms with Gasteiger partial charge in [0.25, 0.3) is 11.6 Å². The van der Waals surface area contributed by atoms with Crippen molar-refractivity contribution in [1.82, 2.24) is 0 Å². The number of hydrogen-bond donors (Lipinski definition) is 0. The van der Waals surface area contributed by atoms with E-state index in [1.807, 2.05) is 33.8 Å². The van der Waals surface area contributed by atoms with Crippen LogP contribution < -0.4 is 9.64 Å². The van der Waals surface area contributed by atoms with Gasteiger partial charge < -0.3 is 4.74 Å². The number of benzene rings is 2. The number of fused-ring (bicyclic) bond motifs is 1. The molecule has 0 fully saturated rings. The third kappa shape index (κ3) is 3.60. The van der Waals surface area contributed by atoms with E-state index in [0.717, 1.165) is 11.1 Å². The number of rotatable bonds is 5. The first-order chi connectivity index (χ1) is 13.2. The molecule has 1 amide bonds. The van der Waals surface area contributed by atoms with Gasteiger partial charge in [0.15, 0.2) is 11.9 Å². The summed E-state index contributed by atoms with van der Waals surface area (Å²) in [6.45, 7) is 7.36. The SMILES string of the molecule is Cc1ccc(C(=O)CN2C(=O)C(C(C)C)Oc3ccc([N+](=O)[O-])cc32)cc1C. The zero-order valence-corrected chi connectivity index (χ0v) is 16.3. The number of Topliss-reactive ketones (excluding diaryl/α,β-unsaturated/α-hetero) is 1. The van der Waals surface area contributed by atoms with Gasteiger partial charge in [0.2, 0.25) is 0 Å². The first-order valence-corrected chi connectivity index (χ1v) is 9.06. The van der Waals surface area contributed by atoms with E-state index in [-0.39, 0.29) is 35.5 Å². The highest BCUT2D eigenvalue weighted by Gasteiger charge is 2.38. The summed E-state index contributed by atoms with van der Waals surface area (Å²) in [7, 11) is 0. The van der Waals surface area contributed by atoms with Crippen LogP contribution in [0.3, 0.4) is 0 Å². The molecule has 0 N–H and O–H groups in total. The largest absolute Gasteiger partial charge is 0.478 e. The molecule has 0 aromatic heterocycles. The number of aryl methyl sites for hydroxylation is 2. The maximum atomic E-state index is 13.0. The number of carbonyl (C=O) groups excluding carboxylic acids is 2. The number of anilines is 1. The first kappa shape index (κ1) is 19.5. The fourth-order valence-corrected chi connectivity index (χ4v) is 3.12. The van der Waals surface area contributed by atoms with Crippen molar-refractivity contribution in [3.63, 3.8) is 0 Å². The second-order valence-corrected chi connectivity index (χ2v) is 7.34. The van der Waals surface area contributed by atoms with E-state index < -0.39 is 11.0 Å². The molecule has 0 aliphatic carbocycles. The van der Waals surface area contributed by atoms with Crippen LogP contribution in [-0.2, 0) is 4.79 Å². The lowest BCUT2D eigenvalue weighted by Crippen LogP contribution is -2.50. The van der Waals surface area contributed by atoms with Crippen molar-refractivity contribution in [3.05, 3.63) is 63.2 Å². The molecule has 1 unspecified atom stereocenters. The predicted octanol–water partition coefficient (Wildman–Crippen LogP) is 3.84. The van der Waals surface area contributed by atoms with E-state index >= 15 is 0 Å². The van der Waals surface area contributed by atoms with Gasteiger partial charge in [0.05, 0.1) is 17.2 Å². The van der Waals surface area contributed by atoms with Crippen LogP contribution in [0, 0.1) is 29.9 Å². The van der Waals surface area contributed by atoms with Crippen LogP contribution in [0.1, 0.15) is 35.3 Å². The molecule has 1 aliphatic heterocycles. The fourth-order valence-electron chi connectivity index (χ4n) is 3.12. The molecule has 7 heteroatoms. The van der Waals surface area contributed by atoms with Crippen molar-refractivity contribution in [1.29, 1.82) is 0 Å². The highest BCUT2D eigenvalue weighted by atomic mass is 16.6. The van der Waals surface area contributed by atoms with Crippen LogP contribution in [0.25, 0.3) is 0 Å². The van der Waals surface area contributed by atoms with Gasteiger partial charge in [0.1, 0.15) is 5.75 Å². The quantitative estimate of drug-likeness (QED) is 0.445. The molecule has 0 saturated heterocycles. The second-order valence-electron chi connectivity index (χ2n) is 7.34. The van der Waals surface area contributed by atoms with Crippen molar-refractivity contribution in [2.45, 2.75) is 33.8 Å². The van der Waals surface area contributed by atoms with Gasteiger partial charge >= 0.3 is 0 Å². The van der Waals surface area contributed by atoms with Crippen molar-refractivity contribution in [2.24, 2.45) is 5.92 Å². The molecule has 1 heterocycles. The van der Waals surface area contributed by atoms with E-state index in [0.29, 0.717) is 11.3 Å². The highest BCUT2D eigenvalue weighted by Crippen LogP contribution is 2.38. The minimum atomic E-state index is -0.749. The van der Waals surface area contributed by atoms with Crippen molar-refractivity contribution >= 4 is 23.1 Å². The number of nitrogens with zero attached hydrogens (tertiary/aromatic N) is 2. The predicted molar refractivity (Wildman–Crippen MR) is 105 cm³/mol. The van der Waals surface area contributed by atoms with Gasteiger partial charge in [0, 0.05) is 17.7 Å². The van der Waals surface area contributed by atoms with Gasteiger partial charge in [-0.1, -0.05) is 26.0 Å². The molecule has 146 valence electrons. The Morgan fingerprint density at radius 2 is 1.89 bits per heavy atom. The first-order valence-electron chi connectivity index (χ1n) is 9.06. The summed E-state index contributed by atoms with van der Waals surface area (Å²) in [6, 6.07) is 9.45. The number of nitro benzene ring substituents is 1. The number of carbonyl (C=O) groups is 2. The van der Waals surface area contributed by atoms with E-state index in [9.17, 15) is 19.7 Å². The number of non-ortho nitro benzene ring substituents is 1. The maximum absolute atomic E-state index is 13.0. The molecule has 0 bridgehead atoms. The smallest absolute Gasteiger partial charge is 0.271 e. The Labute approximate surface area is 163 Å². The summed E-state index contributed by atoms with van der Waals surface area (Å²) in [5.74, 6) is -0.370. The standard InChI is InChI=1S/C21H22N2O5/c1-12(2)20-21(25)22(11-18(24)15-6-5-13(3)14(4)9-15)17-10-16(23(26)27)7-8-19(17)28-20/h5-10,12,20H,11H2,1-4H3. The maximum Gasteiger partial charge on any atom is 0.271 e. The molecule has 1 atom stereocenters. The lowest BCUT2D eigenvalue weighted by molar-refractivity contribution is -0.384. The summed E-state index contributed by atoms with van der Waals surface area (Å²) in [6.07, 6.45) is -0.749. The van der Waals surface area contributed by atoms with Crippen LogP contribution >= 0.6 is 0 Å². The van der Waals surface area contributed by atoms with E-state index in [1.165, 1.54) is 23.1 Å². The van der Waals surface area contributed by atoms with E-state index in [1.54, 1.807) is 12.1 Å². The van der Waals surface area contributed by atoms with Crippen molar-refractivity contribution < 1.29 is 19.2 Å². The lowest BCUT2D eigenvalue weighted by atomic mass is 10.0. The Bertz CT molecular complexity index is 967. The summed E-state index contributed by atoms with van der Waals surface area (Å²) in [4.78, 5) is 37.8. The highest BCUT2D eigenvalue weighted by molar-refractivity contribution is 6.08. The average molecular weight is 382 g/mol. The zero-order chi connectivity index (χ0) is 20.6. The molecule has 7 nitrogen and oxygen atoms in total. The van der Waals surface area contributed by atoms with Crippen LogP contribution in [0.5, 0.6) is 5.75 Å². The lowest BCUT2D eigenvalue weighted by Gasteiger charge is -2.35. The van der Waals surface area contributed by atoms with Gasteiger partial charge in [-0.2, -0.15) is 0 Å². The van der Waals surface area contributed by atoms with Gasteiger partial charge in [-0.05, 0) is 43.0 Å². The minimum Gasteiger partial charge on any atom is -0.478 e. The number of ether oxygens (including phenoxy) is 1. The Hall–Kier alpha value is -3.22. The van der Waals surface area contributed by atoms with E-state index in [2.05, 4.69) is 0 Å². The molecule has 2 aromatic rings. The summed E-state index contributed by atoms with van der Waals surface area (Å²) in [5, 5.41) is 11.2. The number of ketones is 1. The van der Waals surface area contributed by atoms with Crippen LogP contribution in [0.15, 0.2) is 36.4 Å². The summed E-state index contributed by atoms with van der Waals surface area (Å²) in [5.41, 5.74) is 2.63. The Kier molecular flexibility index (Phi) is 5.18. The van der Waals surface area contributed by atoms with Crippen LogP contribution in [-0.4, -0.2) is 29.3 Å². The van der Waals surface area contributed by atoms with Crippen molar-refractivity contribution in [3.8, 4) is 5.75 Å². The molecular formula is C21H22N2O5. The third-order valence-electron chi connectivity index (χ3n) is 4.94. The topological polar surface area (TPSA) is 89.8 Å². The van der Waals surface area contributed by atoms with Crippen molar-refractivity contribution in [2.75, 3.05) is 11.4 Å². The summed E-state index contributed by atoms with van der Waals surface area (Å²) < 4.78 is 5.77. The molecule has 1 aliphatic rings. The molecular weight excluding hydrogens is 360 g/mol. The molecule has 2 aromatic carbocycles. The second kappa shape index (κ2) is 7.42. The molecule has 0 spiro atoms. The Morgan fingerprint density at radius 3 is 2.50 bits per heavy atom. The number of nitro groups is 1. The fraction of sp³-hybridized carbons (Fsp3) is 0.333. The Morgan fingerprint density at radius 1 is 1.18 bits per heavy atom. The molecule has 0 radical (unpaired) electrons. The molecule has 28 heavy (non-hydrogen) atoms. The van der Waals surface area contributed by atoms with Gasteiger partial charge in [-0.3, -0.25) is 24.6 Å². The molecule has 0 saturated carbocycles. The van der Waals surface area contributed by atoms with Crippen LogP contribution in [0.2, 0.25) is 0 Å². The monoisotopic (exact) mass is 382 g/mol. The normalized spacial score (nSPS) is 16.0. The molecule has 3 rings (SSSR count). The van der Waals surface area contributed by atoms with Gasteiger partial charge in [-0.25, -0.2) is 0 Å². The number of amides is 1. The Balaban J connectivity index is 2.00. The average Bonchev–Trinajstić information content (AvgIpc) is 2.65.